The van der Waals surface area contributed by atoms with Gasteiger partial charge >= 0.3 is 0 Å². The van der Waals surface area contributed by atoms with E-state index in [1.165, 1.54) is 11.3 Å². The Labute approximate surface area is 199 Å². The largest absolute Gasteiger partial charge is 0.368 e. The fourth-order valence-electron chi connectivity index (χ4n) is 4.21. The highest BCUT2D eigenvalue weighted by atomic mass is 32.1. The van der Waals surface area contributed by atoms with Crippen LogP contribution in [0.4, 0.5) is 5.69 Å². The molecular formula is C28H27N3OS. The van der Waals surface area contributed by atoms with Gasteiger partial charge in [0, 0.05) is 37.4 Å². The van der Waals surface area contributed by atoms with Gasteiger partial charge in [-0.25, -0.2) is 4.98 Å². The summed E-state index contributed by atoms with van der Waals surface area (Å²) in [7, 11) is 0. The van der Waals surface area contributed by atoms with Gasteiger partial charge in [-0.2, -0.15) is 0 Å². The number of anilines is 1. The summed E-state index contributed by atoms with van der Waals surface area (Å²) < 4.78 is 0. The van der Waals surface area contributed by atoms with E-state index in [-0.39, 0.29) is 5.91 Å². The van der Waals surface area contributed by atoms with E-state index in [1.54, 1.807) is 11.3 Å². The molecule has 0 spiro atoms. The number of thiazole rings is 1. The first-order valence-corrected chi connectivity index (χ1v) is 12.2. The van der Waals surface area contributed by atoms with Gasteiger partial charge in [-0.05, 0) is 24.6 Å². The number of aromatic nitrogens is 1. The number of benzene rings is 3. The third-order valence-corrected chi connectivity index (χ3v) is 7.30. The molecule has 4 nitrogen and oxygen atoms in total. The van der Waals surface area contributed by atoms with Gasteiger partial charge < -0.3 is 9.80 Å². The summed E-state index contributed by atoms with van der Waals surface area (Å²) in [6, 6.07) is 29.1. The number of aryl methyl sites for hydroxylation is 1. The number of hydrogen-bond donors (Lipinski definition) is 0. The second-order valence-corrected chi connectivity index (χ2v) is 9.41. The number of amides is 1. The van der Waals surface area contributed by atoms with Gasteiger partial charge in [-0.15, -0.1) is 11.3 Å². The average Bonchev–Trinajstić information content (AvgIpc) is 3.29. The van der Waals surface area contributed by atoms with Crippen molar-refractivity contribution in [3.05, 3.63) is 96.2 Å². The lowest BCUT2D eigenvalue weighted by atomic mass is 10.1. The van der Waals surface area contributed by atoms with Crippen LogP contribution in [0, 0.1) is 6.92 Å². The number of para-hydroxylation sites is 1. The maximum absolute atomic E-state index is 13.3. The molecule has 3 aromatic carbocycles. The topological polar surface area (TPSA) is 36.4 Å². The van der Waals surface area contributed by atoms with Crippen molar-refractivity contribution in [2.75, 3.05) is 31.1 Å². The van der Waals surface area contributed by atoms with E-state index in [1.807, 2.05) is 29.2 Å². The molecular weight excluding hydrogens is 426 g/mol. The molecule has 0 atom stereocenters. The molecule has 33 heavy (non-hydrogen) atoms. The first-order valence-electron chi connectivity index (χ1n) is 11.4. The van der Waals surface area contributed by atoms with Crippen LogP contribution in [0.1, 0.15) is 11.3 Å². The molecule has 1 saturated heterocycles. The van der Waals surface area contributed by atoms with Crippen LogP contribution < -0.4 is 4.90 Å². The van der Waals surface area contributed by atoms with Gasteiger partial charge in [0.2, 0.25) is 5.91 Å². The first-order chi connectivity index (χ1) is 16.2. The number of hydrogen-bond acceptors (Lipinski definition) is 4. The molecule has 4 aromatic rings. The van der Waals surface area contributed by atoms with Gasteiger partial charge in [-0.1, -0.05) is 78.4 Å². The predicted molar refractivity (Wildman–Crippen MR) is 137 cm³/mol. The maximum atomic E-state index is 13.3. The molecule has 0 radical (unpaired) electrons. The second-order valence-electron chi connectivity index (χ2n) is 8.41. The lowest BCUT2D eigenvalue weighted by Gasteiger charge is -2.36. The molecule has 1 amide bonds. The monoisotopic (exact) mass is 453 g/mol. The summed E-state index contributed by atoms with van der Waals surface area (Å²) in [5, 5.41) is 0.961. The molecule has 5 rings (SSSR count). The van der Waals surface area contributed by atoms with E-state index >= 15 is 0 Å². The van der Waals surface area contributed by atoms with Gasteiger partial charge in [-0.3, -0.25) is 4.79 Å². The van der Waals surface area contributed by atoms with Crippen molar-refractivity contribution >= 4 is 22.9 Å². The van der Waals surface area contributed by atoms with E-state index in [4.69, 9.17) is 4.98 Å². The van der Waals surface area contributed by atoms with Crippen LogP contribution >= 0.6 is 11.3 Å². The van der Waals surface area contributed by atoms with Gasteiger partial charge in [0.15, 0.2) is 0 Å². The third-order valence-electron chi connectivity index (χ3n) is 6.10. The maximum Gasteiger partial charge on any atom is 0.228 e. The lowest BCUT2D eigenvalue weighted by molar-refractivity contribution is -0.130. The molecule has 0 unspecified atom stereocenters. The van der Waals surface area contributed by atoms with Crippen molar-refractivity contribution in [1.29, 1.82) is 0 Å². The minimum Gasteiger partial charge on any atom is -0.368 e. The number of carbonyl (C=O) groups is 1. The van der Waals surface area contributed by atoms with Crippen molar-refractivity contribution in [3.8, 4) is 21.0 Å². The summed E-state index contributed by atoms with van der Waals surface area (Å²) in [6.45, 7) is 5.28. The number of rotatable bonds is 5. The molecule has 2 heterocycles. The van der Waals surface area contributed by atoms with E-state index in [9.17, 15) is 4.79 Å². The highest BCUT2D eigenvalue weighted by Gasteiger charge is 2.24. The molecule has 1 aliphatic heterocycles. The summed E-state index contributed by atoms with van der Waals surface area (Å²) >= 11 is 1.67. The van der Waals surface area contributed by atoms with Crippen LogP contribution in [0.15, 0.2) is 84.9 Å². The zero-order valence-corrected chi connectivity index (χ0v) is 19.6. The highest BCUT2D eigenvalue weighted by Crippen LogP contribution is 2.36. The minimum atomic E-state index is 0.154. The molecule has 0 saturated carbocycles. The molecule has 5 heteroatoms. The van der Waals surface area contributed by atoms with Crippen molar-refractivity contribution in [2.24, 2.45) is 0 Å². The van der Waals surface area contributed by atoms with Crippen molar-refractivity contribution in [2.45, 2.75) is 13.3 Å². The van der Waals surface area contributed by atoms with Gasteiger partial charge in [0.25, 0.3) is 0 Å². The molecule has 1 aliphatic rings. The number of carbonyl (C=O) groups excluding carboxylic acids is 1. The smallest absolute Gasteiger partial charge is 0.228 e. The van der Waals surface area contributed by atoms with Crippen molar-refractivity contribution in [3.63, 3.8) is 0 Å². The first kappa shape index (κ1) is 21.4. The summed E-state index contributed by atoms with van der Waals surface area (Å²) in [6.07, 6.45) is 0.331. The number of nitrogens with zero attached hydrogens (tertiary/aromatic N) is 3. The Morgan fingerprint density at radius 2 is 1.45 bits per heavy atom. The third kappa shape index (κ3) is 4.83. The zero-order valence-electron chi connectivity index (χ0n) is 18.8. The lowest BCUT2D eigenvalue weighted by Crippen LogP contribution is -2.49. The normalized spacial score (nSPS) is 13.8. The molecule has 0 N–H and O–H groups in total. The van der Waals surface area contributed by atoms with Crippen LogP contribution in [0.3, 0.4) is 0 Å². The van der Waals surface area contributed by atoms with Crippen molar-refractivity contribution < 1.29 is 4.79 Å². The highest BCUT2D eigenvalue weighted by molar-refractivity contribution is 7.18. The Kier molecular flexibility index (Phi) is 6.22. The average molecular weight is 454 g/mol. The molecule has 1 aromatic heterocycles. The summed E-state index contributed by atoms with van der Waals surface area (Å²) in [4.78, 5) is 23.6. The molecule has 166 valence electrons. The summed E-state index contributed by atoms with van der Waals surface area (Å²) in [5.41, 5.74) is 5.53. The van der Waals surface area contributed by atoms with Crippen molar-refractivity contribution in [1.82, 2.24) is 9.88 Å². The fraction of sp³-hybridized carbons (Fsp3) is 0.214. The Morgan fingerprint density at radius 3 is 2.12 bits per heavy atom. The zero-order chi connectivity index (χ0) is 22.6. The van der Waals surface area contributed by atoms with Crippen LogP contribution in [0.2, 0.25) is 0 Å². The minimum absolute atomic E-state index is 0.154. The fourth-order valence-corrected chi connectivity index (χ4v) is 5.31. The van der Waals surface area contributed by atoms with E-state index in [2.05, 4.69) is 72.5 Å². The Balaban J connectivity index is 1.35. The van der Waals surface area contributed by atoms with Crippen LogP contribution in [-0.4, -0.2) is 42.0 Å². The van der Waals surface area contributed by atoms with Gasteiger partial charge in [0.05, 0.1) is 17.0 Å². The van der Waals surface area contributed by atoms with Gasteiger partial charge in [0.1, 0.15) is 5.01 Å². The quantitative estimate of drug-likeness (QED) is 0.390. The Bertz CT molecular complexity index is 1210. The molecule has 0 aliphatic carbocycles. The Hall–Kier alpha value is -3.44. The summed E-state index contributed by atoms with van der Waals surface area (Å²) in [5.74, 6) is 0.154. The van der Waals surface area contributed by atoms with Crippen LogP contribution in [0.25, 0.3) is 21.0 Å². The Morgan fingerprint density at radius 1 is 0.818 bits per heavy atom. The second kappa shape index (κ2) is 9.59. The standard InChI is InChI=1S/C28H27N3OS/c1-21-12-14-22(15-13-21)27-25(29-28(33-27)23-8-4-2-5-9-23)20-26(32)31-18-16-30(17-19-31)24-10-6-3-7-11-24/h2-15H,16-20H2,1H3. The molecule has 0 bridgehead atoms. The predicted octanol–water partition coefficient (Wildman–Crippen LogP) is 5.68. The molecule has 1 fully saturated rings. The van der Waals surface area contributed by atoms with E-state index in [0.29, 0.717) is 6.42 Å². The van der Waals surface area contributed by atoms with E-state index in [0.717, 1.165) is 52.9 Å². The van der Waals surface area contributed by atoms with Crippen LogP contribution in [0.5, 0.6) is 0 Å². The van der Waals surface area contributed by atoms with Crippen LogP contribution in [-0.2, 0) is 11.2 Å². The number of piperazine rings is 1. The van der Waals surface area contributed by atoms with E-state index < -0.39 is 0 Å². The SMILES string of the molecule is Cc1ccc(-c2sc(-c3ccccc3)nc2CC(=O)N2CCN(c3ccccc3)CC2)cc1.